The standard InChI is InChI=1S/C21H17BrF3NO/c1-12(2)26-20(27)14-5-8-17-16(9-10-19(22)18(17)11-14)13-3-6-15(7-4-13)21(23,24)25/h3-12H,1-2H3,(H,26,27). The molecule has 0 aliphatic rings. The number of benzene rings is 3. The van der Waals surface area contributed by atoms with Crippen LogP contribution in [0, 0.1) is 0 Å². The number of halogens is 4. The van der Waals surface area contributed by atoms with Crippen LogP contribution in [0.4, 0.5) is 13.2 Å². The minimum Gasteiger partial charge on any atom is -0.350 e. The van der Waals surface area contributed by atoms with Gasteiger partial charge in [-0.2, -0.15) is 13.2 Å². The molecule has 0 aliphatic carbocycles. The van der Waals surface area contributed by atoms with Crippen molar-refractivity contribution in [2.45, 2.75) is 26.1 Å². The summed E-state index contributed by atoms with van der Waals surface area (Å²) < 4.78 is 39.2. The Morgan fingerprint density at radius 1 is 0.963 bits per heavy atom. The van der Waals surface area contributed by atoms with Crippen molar-refractivity contribution in [3.8, 4) is 11.1 Å². The Morgan fingerprint density at radius 3 is 2.22 bits per heavy atom. The molecule has 0 aliphatic heterocycles. The van der Waals surface area contributed by atoms with Gasteiger partial charge in [0.2, 0.25) is 0 Å². The van der Waals surface area contributed by atoms with Gasteiger partial charge in [0, 0.05) is 16.1 Å². The average molecular weight is 436 g/mol. The fourth-order valence-corrected chi connectivity index (χ4v) is 3.35. The van der Waals surface area contributed by atoms with Crippen LogP contribution >= 0.6 is 15.9 Å². The number of carbonyl (C=O) groups excluding carboxylic acids is 1. The summed E-state index contributed by atoms with van der Waals surface area (Å²) in [5.41, 5.74) is 1.33. The molecule has 2 nitrogen and oxygen atoms in total. The largest absolute Gasteiger partial charge is 0.416 e. The lowest BCUT2D eigenvalue weighted by Crippen LogP contribution is -2.29. The normalized spacial score (nSPS) is 11.8. The van der Waals surface area contributed by atoms with E-state index in [-0.39, 0.29) is 11.9 Å². The molecule has 0 radical (unpaired) electrons. The molecule has 1 N–H and O–H groups in total. The summed E-state index contributed by atoms with van der Waals surface area (Å²) >= 11 is 3.49. The Labute approximate surface area is 163 Å². The summed E-state index contributed by atoms with van der Waals surface area (Å²) in [7, 11) is 0. The molecule has 3 rings (SSSR count). The van der Waals surface area contributed by atoms with Gasteiger partial charge in [0.15, 0.2) is 0 Å². The third-order valence-electron chi connectivity index (χ3n) is 4.17. The predicted molar refractivity (Wildman–Crippen MR) is 105 cm³/mol. The van der Waals surface area contributed by atoms with Crippen molar-refractivity contribution in [3.05, 3.63) is 70.2 Å². The third-order valence-corrected chi connectivity index (χ3v) is 4.86. The highest BCUT2D eigenvalue weighted by atomic mass is 79.9. The lowest BCUT2D eigenvalue weighted by atomic mass is 9.96. The summed E-state index contributed by atoms with van der Waals surface area (Å²) in [6.07, 6.45) is -4.36. The third kappa shape index (κ3) is 4.16. The second-order valence-electron chi connectivity index (χ2n) is 6.56. The first-order valence-corrected chi connectivity index (χ1v) is 9.17. The van der Waals surface area contributed by atoms with Gasteiger partial charge in [0.25, 0.3) is 5.91 Å². The van der Waals surface area contributed by atoms with E-state index in [9.17, 15) is 18.0 Å². The first-order valence-electron chi connectivity index (χ1n) is 8.37. The molecule has 0 bridgehead atoms. The van der Waals surface area contributed by atoms with Gasteiger partial charge in [-0.1, -0.05) is 40.2 Å². The van der Waals surface area contributed by atoms with Gasteiger partial charge < -0.3 is 5.32 Å². The van der Waals surface area contributed by atoms with Crippen LogP contribution in [0.3, 0.4) is 0 Å². The Kier molecular flexibility index (Phi) is 5.29. The van der Waals surface area contributed by atoms with Crippen LogP contribution in [0.5, 0.6) is 0 Å². The van der Waals surface area contributed by atoms with Gasteiger partial charge in [-0.3, -0.25) is 4.79 Å². The second kappa shape index (κ2) is 7.35. The lowest BCUT2D eigenvalue weighted by molar-refractivity contribution is -0.137. The smallest absolute Gasteiger partial charge is 0.350 e. The van der Waals surface area contributed by atoms with Crippen molar-refractivity contribution in [3.63, 3.8) is 0 Å². The molecule has 140 valence electrons. The first-order chi connectivity index (χ1) is 12.7. The molecule has 0 saturated carbocycles. The summed E-state index contributed by atoms with van der Waals surface area (Å²) in [4.78, 5) is 12.3. The van der Waals surface area contributed by atoms with Crippen molar-refractivity contribution in [2.75, 3.05) is 0 Å². The SMILES string of the molecule is CC(C)NC(=O)c1ccc2c(-c3ccc(C(F)(F)F)cc3)ccc(Br)c2c1. The van der Waals surface area contributed by atoms with E-state index >= 15 is 0 Å². The highest BCUT2D eigenvalue weighted by Gasteiger charge is 2.30. The van der Waals surface area contributed by atoms with Crippen molar-refractivity contribution >= 4 is 32.6 Å². The summed E-state index contributed by atoms with van der Waals surface area (Å²) in [5, 5.41) is 4.52. The fraction of sp³-hybridized carbons (Fsp3) is 0.190. The molecule has 0 heterocycles. The Balaban J connectivity index is 2.07. The minimum atomic E-state index is -4.36. The summed E-state index contributed by atoms with van der Waals surface area (Å²) in [6, 6.07) is 14.1. The van der Waals surface area contributed by atoms with Crippen LogP contribution in [-0.2, 0) is 6.18 Å². The van der Waals surface area contributed by atoms with Crippen LogP contribution in [0.1, 0.15) is 29.8 Å². The molecule has 0 aromatic heterocycles. The van der Waals surface area contributed by atoms with Crippen LogP contribution in [-0.4, -0.2) is 11.9 Å². The monoisotopic (exact) mass is 435 g/mol. The van der Waals surface area contributed by atoms with E-state index in [0.29, 0.717) is 11.1 Å². The zero-order valence-electron chi connectivity index (χ0n) is 14.7. The van der Waals surface area contributed by atoms with E-state index in [2.05, 4.69) is 21.2 Å². The number of carbonyl (C=O) groups is 1. The molecule has 1 amide bonds. The number of amides is 1. The average Bonchev–Trinajstić information content (AvgIpc) is 2.61. The maximum Gasteiger partial charge on any atom is 0.416 e. The second-order valence-corrected chi connectivity index (χ2v) is 7.41. The van der Waals surface area contributed by atoms with Gasteiger partial charge in [0.05, 0.1) is 5.56 Å². The van der Waals surface area contributed by atoms with E-state index in [0.717, 1.165) is 32.9 Å². The van der Waals surface area contributed by atoms with E-state index < -0.39 is 11.7 Å². The molecular formula is C21H17BrF3NO. The highest BCUT2D eigenvalue weighted by molar-refractivity contribution is 9.10. The molecule has 0 saturated heterocycles. The molecule has 3 aromatic rings. The Morgan fingerprint density at radius 2 is 1.63 bits per heavy atom. The van der Waals surface area contributed by atoms with Gasteiger partial charge >= 0.3 is 6.18 Å². The van der Waals surface area contributed by atoms with Crippen molar-refractivity contribution < 1.29 is 18.0 Å². The van der Waals surface area contributed by atoms with Crippen molar-refractivity contribution in [1.82, 2.24) is 5.32 Å². The number of nitrogens with one attached hydrogen (secondary N) is 1. The molecular weight excluding hydrogens is 419 g/mol. The quantitative estimate of drug-likeness (QED) is 0.504. The van der Waals surface area contributed by atoms with Crippen LogP contribution < -0.4 is 5.32 Å². The number of hydrogen-bond acceptors (Lipinski definition) is 1. The van der Waals surface area contributed by atoms with Crippen LogP contribution in [0.2, 0.25) is 0 Å². The molecule has 6 heteroatoms. The molecule has 0 spiro atoms. The van der Waals surface area contributed by atoms with E-state index in [4.69, 9.17) is 0 Å². The predicted octanol–water partition coefficient (Wildman–Crippen LogP) is 6.43. The summed E-state index contributed by atoms with van der Waals surface area (Å²) in [6.45, 7) is 3.77. The van der Waals surface area contributed by atoms with Crippen LogP contribution in [0.25, 0.3) is 21.9 Å². The Hall–Kier alpha value is -2.34. The molecule has 0 atom stereocenters. The fourth-order valence-electron chi connectivity index (χ4n) is 2.89. The van der Waals surface area contributed by atoms with Crippen LogP contribution in [0.15, 0.2) is 59.1 Å². The summed E-state index contributed by atoms with van der Waals surface area (Å²) in [5.74, 6) is -0.168. The van der Waals surface area contributed by atoms with Crippen molar-refractivity contribution in [1.29, 1.82) is 0 Å². The highest BCUT2D eigenvalue weighted by Crippen LogP contribution is 2.36. The first kappa shape index (κ1) is 19.4. The van der Waals surface area contributed by atoms with Gasteiger partial charge in [-0.25, -0.2) is 0 Å². The van der Waals surface area contributed by atoms with Crippen molar-refractivity contribution in [2.24, 2.45) is 0 Å². The Bertz CT molecular complexity index is 995. The van der Waals surface area contributed by atoms with Gasteiger partial charge in [-0.05, 0) is 66.1 Å². The topological polar surface area (TPSA) is 29.1 Å². The number of fused-ring (bicyclic) bond motifs is 1. The zero-order valence-corrected chi connectivity index (χ0v) is 16.3. The van der Waals surface area contributed by atoms with E-state index in [1.54, 1.807) is 12.1 Å². The maximum atomic E-state index is 12.8. The maximum absolute atomic E-state index is 12.8. The molecule has 3 aromatic carbocycles. The minimum absolute atomic E-state index is 0.0233. The number of hydrogen-bond donors (Lipinski definition) is 1. The van der Waals surface area contributed by atoms with Gasteiger partial charge in [0.1, 0.15) is 0 Å². The van der Waals surface area contributed by atoms with Gasteiger partial charge in [-0.15, -0.1) is 0 Å². The van der Waals surface area contributed by atoms with E-state index in [1.165, 1.54) is 12.1 Å². The molecule has 0 fully saturated rings. The molecule has 27 heavy (non-hydrogen) atoms. The number of rotatable bonds is 3. The van der Waals surface area contributed by atoms with E-state index in [1.807, 2.05) is 32.0 Å². The number of alkyl halides is 3. The zero-order chi connectivity index (χ0) is 19.8. The lowest BCUT2D eigenvalue weighted by Gasteiger charge is -2.13. The molecule has 0 unspecified atom stereocenters.